The van der Waals surface area contributed by atoms with E-state index in [0.29, 0.717) is 24.8 Å². The maximum atomic E-state index is 11.9. The van der Waals surface area contributed by atoms with Crippen molar-refractivity contribution >= 4 is 16.9 Å². The molecule has 0 atom stereocenters. The summed E-state index contributed by atoms with van der Waals surface area (Å²) in [6.45, 7) is 7.67. The van der Waals surface area contributed by atoms with E-state index in [1.54, 1.807) is 0 Å². The molecule has 0 saturated heterocycles. The molecule has 2 aromatic rings. The molecule has 1 aromatic heterocycles. The fraction of sp³-hybridized carbons (Fsp3) is 0.550. The van der Waals surface area contributed by atoms with Crippen molar-refractivity contribution in [3.8, 4) is 0 Å². The summed E-state index contributed by atoms with van der Waals surface area (Å²) in [7, 11) is 0. The van der Waals surface area contributed by atoms with Gasteiger partial charge in [0.2, 0.25) is 0 Å². The van der Waals surface area contributed by atoms with Crippen LogP contribution in [0.4, 0.5) is 0 Å². The van der Waals surface area contributed by atoms with Crippen LogP contribution < -0.4 is 5.32 Å². The van der Waals surface area contributed by atoms with E-state index in [1.165, 1.54) is 25.7 Å². The summed E-state index contributed by atoms with van der Waals surface area (Å²) in [6, 6.07) is 6.74. The summed E-state index contributed by atoms with van der Waals surface area (Å²) in [5.41, 5.74) is 3.56. The predicted octanol–water partition coefficient (Wildman–Crippen LogP) is 4.34. The van der Waals surface area contributed by atoms with E-state index in [9.17, 15) is 9.90 Å². The molecular formula is C20H28N2O2. The van der Waals surface area contributed by atoms with Gasteiger partial charge < -0.3 is 15.0 Å². The van der Waals surface area contributed by atoms with Crippen LogP contribution in [-0.4, -0.2) is 21.7 Å². The van der Waals surface area contributed by atoms with Gasteiger partial charge in [-0.3, -0.25) is 0 Å². The van der Waals surface area contributed by atoms with Crippen LogP contribution in [0.15, 0.2) is 18.2 Å². The van der Waals surface area contributed by atoms with Crippen LogP contribution in [0.1, 0.15) is 61.1 Å². The Kier molecular flexibility index (Phi) is 4.95. The summed E-state index contributed by atoms with van der Waals surface area (Å²) in [5.74, 6) is -0.0117. The quantitative estimate of drug-likeness (QED) is 0.858. The molecule has 0 amide bonds. The maximum absolute atomic E-state index is 11.9. The van der Waals surface area contributed by atoms with Gasteiger partial charge in [-0.2, -0.15) is 0 Å². The lowest BCUT2D eigenvalue weighted by Crippen LogP contribution is -2.32. The molecule has 1 aliphatic carbocycles. The number of nitrogens with zero attached hydrogens (tertiary/aromatic N) is 1. The molecule has 1 fully saturated rings. The Balaban J connectivity index is 1.93. The summed E-state index contributed by atoms with van der Waals surface area (Å²) in [5, 5.41) is 14.5. The van der Waals surface area contributed by atoms with Crippen molar-refractivity contribution in [2.75, 3.05) is 0 Å². The summed E-state index contributed by atoms with van der Waals surface area (Å²) >= 11 is 0. The number of benzene rings is 1. The summed E-state index contributed by atoms with van der Waals surface area (Å²) in [6.07, 6.45) is 4.91. The number of aromatic carboxylic acids is 1. The highest BCUT2D eigenvalue weighted by molar-refractivity contribution is 5.98. The molecule has 0 spiro atoms. The number of carboxylic acids is 1. The van der Waals surface area contributed by atoms with Crippen LogP contribution in [0.3, 0.4) is 0 Å². The number of fused-ring (bicyclic) bond motifs is 1. The van der Waals surface area contributed by atoms with E-state index in [1.807, 2.05) is 18.4 Å². The van der Waals surface area contributed by atoms with Gasteiger partial charge in [-0.05, 0) is 57.1 Å². The topological polar surface area (TPSA) is 54.3 Å². The van der Waals surface area contributed by atoms with Crippen molar-refractivity contribution in [2.45, 2.75) is 65.6 Å². The molecular weight excluding hydrogens is 300 g/mol. The van der Waals surface area contributed by atoms with E-state index in [2.05, 4.69) is 30.4 Å². The first-order valence-electron chi connectivity index (χ1n) is 9.09. The monoisotopic (exact) mass is 328 g/mol. The van der Waals surface area contributed by atoms with E-state index in [4.69, 9.17) is 0 Å². The molecule has 0 radical (unpaired) electrons. The van der Waals surface area contributed by atoms with E-state index in [-0.39, 0.29) is 0 Å². The number of hydrogen-bond acceptors (Lipinski definition) is 2. The van der Waals surface area contributed by atoms with Crippen LogP contribution >= 0.6 is 0 Å². The second-order valence-electron chi connectivity index (χ2n) is 7.23. The molecule has 0 unspecified atom stereocenters. The lowest BCUT2D eigenvalue weighted by molar-refractivity contribution is 0.0684. The standard InChI is InChI=1S/C20H28N2O2/c1-4-22-18-11-14(3)7-10-16(18)17(19(22)20(23)24)12-21-15-8-5-13(2)6-9-15/h7,10-11,13,15,21H,4-6,8-9,12H2,1-3H3,(H,23,24). The minimum Gasteiger partial charge on any atom is -0.477 e. The highest BCUT2D eigenvalue weighted by Gasteiger charge is 2.23. The second-order valence-corrected chi connectivity index (χ2v) is 7.23. The molecule has 4 heteroatoms. The Morgan fingerprint density at radius 1 is 1.29 bits per heavy atom. The minimum absolute atomic E-state index is 0.440. The molecule has 0 bridgehead atoms. The largest absolute Gasteiger partial charge is 0.477 e. The zero-order valence-electron chi connectivity index (χ0n) is 14.9. The number of nitrogens with one attached hydrogen (secondary N) is 1. The number of carboxylic acid groups (broad SMARTS) is 1. The Morgan fingerprint density at radius 3 is 2.62 bits per heavy atom. The predicted molar refractivity (Wildman–Crippen MR) is 97.6 cm³/mol. The van der Waals surface area contributed by atoms with Gasteiger partial charge in [-0.15, -0.1) is 0 Å². The highest BCUT2D eigenvalue weighted by Crippen LogP contribution is 2.29. The molecule has 4 nitrogen and oxygen atoms in total. The Labute approximate surface area is 143 Å². The first-order chi connectivity index (χ1) is 11.5. The number of rotatable bonds is 5. The van der Waals surface area contributed by atoms with Gasteiger partial charge in [-0.1, -0.05) is 19.1 Å². The van der Waals surface area contributed by atoms with Crippen LogP contribution in [0, 0.1) is 12.8 Å². The van der Waals surface area contributed by atoms with Gasteiger partial charge in [0, 0.05) is 35.6 Å². The molecule has 1 heterocycles. The van der Waals surface area contributed by atoms with Crippen LogP contribution in [0.2, 0.25) is 0 Å². The molecule has 1 saturated carbocycles. The van der Waals surface area contributed by atoms with Crippen molar-refractivity contribution in [3.63, 3.8) is 0 Å². The van der Waals surface area contributed by atoms with Crippen molar-refractivity contribution in [3.05, 3.63) is 35.0 Å². The fourth-order valence-electron chi connectivity index (χ4n) is 3.99. The van der Waals surface area contributed by atoms with Gasteiger partial charge in [-0.25, -0.2) is 4.79 Å². The van der Waals surface area contributed by atoms with E-state index >= 15 is 0 Å². The Hall–Kier alpha value is -1.81. The zero-order chi connectivity index (χ0) is 17.3. The highest BCUT2D eigenvalue weighted by atomic mass is 16.4. The van der Waals surface area contributed by atoms with Crippen molar-refractivity contribution in [2.24, 2.45) is 5.92 Å². The fourth-order valence-corrected chi connectivity index (χ4v) is 3.99. The lowest BCUT2D eigenvalue weighted by Gasteiger charge is -2.27. The Morgan fingerprint density at radius 2 is 2.00 bits per heavy atom. The van der Waals surface area contributed by atoms with Crippen molar-refractivity contribution in [1.29, 1.82) is 0 Å². The van der Waals surface area contributed by atoms with E-state index in [0.717, 1.165) is 27.9 Å². The van der Waals surface area contributed by atoms with Gasteiger partial charge >= 0.3 is 5.97 Å². The third kappa shape index (κ3) is 3.20. The normalized spacial score (nSPS) is 21.3. The zero-order valence-corrected chi connectivity index (χ0v) is 14.9. The molecule has 130 valence electrons. The lowest BCUT2D eigenvalue weighted by atomic mass is 9.87. The average Bonchev–Trinajstić information content (AvgIpc) is 2.87. The molecule has 2 N–H and O–H groups in total. The molecule has 0 aliphatic heterocycles. The third-order valence-corrected chi connectivity index (χ3v) is 5.43. The van der Waals surface area contributed by atoms with Crippen LogP contribution in [-0.2, 0) is 13.1 Å². The number of hydrogen-bond donors (Lipinski definition) is 2. The SMILES string of the molecule is CCn1c(C(=O)O)c(CNC2CCC(C)CC2)c2ccc(C)cc21. The van der Waals surface area contributed by atoms with Crippen LogP contribution in [0.5, 0.6) is 0 Å². The third-order valence-electron chi connectivity index (χ3n) is 5.43. The van der Waals surface area contributed by atoms with E-state index < -0.39 is 5.97 Å². The molecule has 1 aromatic carbocycles. The first kappa shape index (κ1) is 17.0. The smallest absolute Gasteiger partial charge is 0.352 e. The molecule has 24 heavy (non-hydrogen) atoms. The first-order valence-corrected chi connectivity index (χ1v) is 9.09. The summed E-state index contributed by atoms with van der Waals surface area (Å²) < 4.78 is 1.94. The maximum Gasteiger partial charge on any atom is 0.352 e. The molecule has 1 aliphatic rings. The van der Waals surface area contributed by atoms with Gasteiger partial charge in [0.15, 0.2) is 0 Å². The second kappa shape index (κ2) is 6.98. The van der Waals surface area contributed by atoms with Crippen molar-refractivity contribution in [1.82, 2.24) is 9.88 Å². The van der Waals surface area contributed by atoms with Gasteiger partial charge in [0.25, 0.3) is 0 Å². The number of aryl methyl sites for hydroxylation is 2. The van der Waals surface area contributed by atoms with Crippen molar-refractivity contribution < 1.29 is 9.90 Å². The van der Waals surface area contributed by atoms with Gasteiger partial charge in [0.05, 0.1) is 0 Å². The number of aromatic nitrogens is 1. The minimum atomic E-state index is -0.834. The Bertz CT molecular complexity index is 740. The van der Waals surface area contributed by atoms with Crippen LogP contribution in [0.25, 0.3) is 10.9 Å². The molecule has 3 rings (SSSR count). The average molecular weight is 328 g/mol. The summed E-state index contributed by atoms with van der Waals surface area (Å²) in [4.78, 5) is 11.9. The van der Waals surface area contributed by atoms with Gasteiger partial charge in [0.1, 0.15) is 5.69 Å². The number of carbonyl (C=O) groups is 1.